The van der Waals surface area contributed by atoms with Crippen LogP contribution in [0, 0.1) is 17.1 Å². The molecule has 12 aromatic carbocycles. The molecule has 738 valence electrons. The molecule has 18 nitrogen and oxygen atoms in total. The summed E-state index contributed by atoms with van der Waals surface area (Å²) < 4.78 is 19.3. The van der Waals surface area contributed by atoms with Crippen LogP contribution in [-0.4, -0.2) is 136 Å². The number of primary amides is 1. The maximum Gasteiger partial charge on any atom is 0.258 e. The summed E-state index contributed by atoms with van der Waals surface area (Å²) in [7, 11) is 0. The normalized spacial score (nSPS) is 15.6. The largest absolute Gasteiger partial charge is 0.365 e. The number of carbonyl (C=O) groups excluding carboxylic acids is 1. The number of fused-ring (bicyclic) bond motifs is 6. The lowest BCUT2D eigenvalue weighted by atomic mass is 10.0. The van der Waals surface area contributed by atoms with E-state index in [4.69, 9.17) is 5.73 Å². The predicted octanol–water partition coefficient (Wildman–Crippen LogP) is 25.0. The number of amides is 1. The van der Waals surface area contributed by atoms with Gasteiger partial charge in [0, 0.05) is 156 Å². The summed E-state index contributed by atoms with van der Waals surface area (Å²) in [5, 5.41) is 51.3. The first kappa shape index (κ1) is 99.7. The minimum Gasteiger partial charge on any atom is -0.365 e. The fraction of sp³-hybridized carbons (Fsp3) is 0.298. The van der Waals surface area contributed by atoms with Crippen molar-refractivity contribution in [3.63, 3.8) is 0 Å². The number of nitrogens with zero attached hydrogens (tertiary/aromatic N) is 8. The second kappa shape index (κ2) is 50.4. The van der Waals surface area contributed by atoms with E-state index in [0.717, 1.165) is 182 Å². The lowest BCUT2D eigenvalue weighted by molar-refractivity contribution is 0.100. The Morgan fingerprint density at radius 2 is 0.639 bits per heavy atom. The van der Waals surface area contributed by atoms with Crippen molar-refractivity contribution in [2.24, 2.45) is 5.73 Å². The number of aromatic amines is 2. The molecule has 18 aromatic rings. The molecule has 6 aliphatic heterocycles. The molecule has 23 heteroatoms. The molecule has 1 amide bonds. The smallest absolute Gasteiger partial charge is 0.258 e. The lowest BCUT2D eigenvalue weighted by Crippen LogP contribution is -2.43. The molecule has 12 heterocycles. The molecule has 0 atom stereocenters. The zero-order valence-electron chi connectivity index (χ0n) is 82.1. The molecule has 0 bridgehead atoms. The first-order valence-corrected chi connectivity index (χ1v) is 55.0. The van der Waals surface area contributed by atoms with Gasteiger partial charge in [0.1, 0.15) is 5.82 Å². The number of halogens is 1. The number of benzene rings is 12. The predicted molar refractivity (Wildman–Crippen MR) is 606 cm³/mol. The number of aromatic nitrogens is 3. The molecule has 0 saturated carbocycles. The van der Waals surface area contributed by atoms with Crippen molar-refractivity contribution in [3.05, 3.63) is 388 Å². The SMILES string of the molecule is Fc1ccccc1CN(c1ccc2sccc2c1)C1CCNCC1.N#Cc1ccccc1CN(c1ccc2sccc2c1)C1CCNCC1.NC(=O)c1cc2cc(N(Cc3ccccc3)C3CCNCC3)ccc2s1.c1ccc(CN(c2ccc3[nH]ccc3c2)C2CCNCC2)cc1.c1ccc(CN(c2ccc3[nH]ncc3c2)C2CCNCC2)cc1.c1ccc(CN(c2ccc3sccc3c2)C2CCNCC2)cc1. The van der Waals surface area contributed by atoms with Gasteiger partial charge in [0.2, 0.25) is 0 Å². The maximum absolute atomic E-state index is 14.2. The Morgan fingerprint density at radius 3 is 1.01 bits per heavy atom. The average molecular weight is 1990 g/mol. The van der Waals surface area contributed by atoms with Crippen LogP contribution in [0.1, 0.15) is 126 Å². The van der Waals surface area contributed by atoms with Crippen LogP contribution in [0.2, 0.25) is 0 Å². The third-order valence-electron chi connectivity index (χ3n) is 29.1. The van der Waals surface area contributed by atoms with E-state index >= 15 is 0 Å². The van der Waals surface area contributed by atoms with Crippen LogP contribution in [0.3, 0.4) is 0 Å². The first-order chi connectivity index (χ1) is 71.1. The van der Waals surface area contributed by atoms with Gasteiger partial charge < -0.3 is 72.0 Å². The molecule has 6 fully saturated rings. The number of anilines is 6. The van der Waals surface area contributed by atoms with E-state index in [0.29, 0.717) is 47.7 Å². The van der Waals surface area contributed by atoms with Crippen LogP contribution >= 0.6 is 45.3 Å². The molecule has 6 saturated heterocycles. The van der Waals surface area contributed by atoms with Crippen molar-refractivity contribution in [3.8, 4) is 6.07 Å². The monoisotopic (exact) mass is 1990 g/mol. The van der Waals surface area contributed by atoms with Crippen molar-refractivity contribution in [2.75, 3.05) is 108 Å². The van der Waals surface area contributed by atoms with E-state index in [2.05, 4.69) is 360 Å². The van der Waals surface area contributed by atoms with Gasteiger partial charge >= 0.3 is 0 Å². The molecule has 0 spiro atoms. The van der Waals surface area contributed by atoms with E-state index in [1.165, 1.54) is 153 Å². The number of H-pyrrole nitrogens is 2. The molecular weight excluding hydrogens is 1850 g/mol. The van der Waals surface area contributed by atoms with Crippen LogP contribution in [-0.2, 0) is 39.3 Å². The van der Waals surface area contributed by atoms with E-state index in [-0.39, 0.29) is 11.7 Å². The van der Waals surface area contributed by atoms with E-state index < -0.39 is 0 Å². The Morgan fingerprint density at radius 1 is 0.326 bits per heavy atom. The molecule has 6 aliphatic rings. The number of thiophene rings is 4. The number of nitriles is 1. The summed E-state index contributed by atoms with van der Waals surface area (Å²) in [5.74, 6) is -0.472. The highest BCUT2D eigenvalue weighted by Crippen LogP contribution is 2.39. The van der Waals surface area contributed by atoms with E-state index in [1.807, 2.05) is 60.1 Å². The van der Waals surface area contributed by atoms with Gasteiger partial charge in [-0.15, -0.1) is 45.3 Å². The van der Waals surface area contributed by atoms with Gasteiger partial charge in [0.15, 0.2) is 0 Å². The molecule has 6 aromatic heterocycles. The van der Waals surface area contributed by atoms with Crippen LogP contribution in [0.15, 0.2) is 338 Å². The molecule has 144 heavy (non-hydrogen) atoms. The third kappa shape index (κ3) is 26.4. The Bertz CT molecular complexity index is 6770. The van der Waals surface area contributed by atoms with Crippen LogP contribution in [0.4, 0.5) is 38.5 Å². The zero-order valence-corrected chi connectivity index (χ0v) is 85.3. The molecule has 10 N–H and O–H groups in total. The molecule has 0 radical (unpaired) electrons. The quantitative estimate of drug-likeness (QED) is 0.0261. The Hall–Kier alpha value is -13.1. The van der Waals surface area contributed by atoms with Gasteiger partial charge in [0.05, 0.1) is 28.2 Å². The summed E-state index contributed by atoms with van der Waals surface area (Å²) >= 11 is 6.82. The highest BCUT2D eigenvalue weighted by molar-refractivity contribution is 7.21. The van der Waals surface area contributed by atoms with Crippen LogP contribution in [0.5, 0.6) is 0 Å². The fourth-order valence-corrected chi connectivity index (χ4v) is 24.4. The highest BCUT2D eigenvalue weighted by Gasteiger charge is 2.30. The van der Waals surface area contributed by atoms with Gasteiger partial charge in [-0.25, -0.2) is 4.39 Å². The van der Waals surface area contributed by atoms with E-state index in [9.17, 15) is 14.4 Å². The van der Waals surface area contributed by atoms with Crippen molar-refractivity contribution in [2.45, 2.75) is 153 Å². The number of rotatable bonds is 25. The number of piperidine rings is 6. The summed E-state index contributed by atoms with van der Waals surface area (Å²) in [4.78, 5) is 30.5. The van der Waals surface area contributed by atoms with Crippen LogP contribution < -0.4 is 67.0 Å². The van der Waals surface area contributed by atoms with Gasteiger partial charge in [-0.1, -0.05) is 158 Å². The van der Waals surface area contributed by atoms with Gasteiger partial charge in [-0.3, -0.25) is 9.89 Å². The number of nitrogens with two attached hydrogens (primary N) is 1. The summed E-state index contributed by atoms with van der Waals surface area (Å²) in [6, 6.07) is 114. The minimum atomic E-state index is -0.354. The maximum atomic E-state index is 14.2. The van der Waals surface area contributed by atoms with Gasteiger partial charge in [-0.2, -0.15) is 10.4 Å². The number of hydrogen-bond acceptors (Lipinski definition) is 19. The number of carbonyl (C=O) groups is 1. The molecular formula is C121H132FN17OS4. The standard InChI is InChI=1S/C21H23N3OS.C21H21N3S.C20H21FN2S.C20H23N3.C20H22N2S.C19H22N4/c22-21(25)20-13-16-12-18(6-7-19(16)26-20)24(17-8-10-23-11-9-17)14-15-4-2-1-3-5-15;22-14-17-3-1-2-4-18(17)15-24(19-7-10-23-11-8-19)20-5-6-21-16(13-20)9-12-25-21;21-19-4-2-1-3-16(19)14-23(17-7-10-22-11-8-17)18-5-6-20-15(13-18)9-12-24-20;1-2-4-16(5-3-1)15-23(18-9-11-21-12-10-18)19-6-7-20-17(14-19)8-13-22-20;1-2-4-16(5-3-1)15-22(18-8-11-21-12-9-18)19-6-7-20-17(14-19)10-13-23-20;1-2-4-15(5-3-1)14-23(17-8-10-20-11-9-17)18-6-7-19-16(12-18)13-21-22-19/h1-7,12-13,17,23H,8-11,14H2,(H2,22,25);1-6,9,12-13,19,23H,7-8,10-11,15H2;1-6,9,12-13,17,22H,7-8,10-11,14H2;1-8,13-14,18,21-22H,9-12,15H2;1-7,10,13-14,18,21H,8-9,11-12,15H2;1-7,12-13,17,20H,8-11,14H2,(H,21,22). The molecule has 24 rings (SSSR count). The van der Waals surface area contributed by atoms with Crippen molar-refractivity contribution in [1.29, 1.82) is 5.26 Å². The number of nitrogens with one attached hydrogen (secondary N) is 8. The first-order valence-electron chi connectivity index (χ1n) is 51.5. The summed E-state index contributed by atoms with van der Waals surface area (Å²) in [6.07, 6.45) is 17.9. The molecule has 0 aliphatic carbocycles. The Kier molecular flexibility index (Phi) is 34.9. The minimum absolute atomic E-state index is 0.118. The fourth-order valence-electron chi connectivity index (χ4n) is 21.2. The topological polar surface area (TPSA) is 203 Å². The highest BCUT2D eigenvalue weighted by atomic mass is 32.1. The Labute approximate surface area is 862 Å². The lowest BCUT2D eigenvalue weighted by Gasteiger charge is -2.37. The third-order valence-corrected chi connectivity index (χ3v) is 32.9. The van der Waals surface area contributed by atoms with Crippen molar-refractivity contribution in [1.82, 2.24) is 47.1 Å². The van der Waals surface area contributed by atoms with Gasteiger partial charge in [0.25, 0.3) is 5.91 Å². The summed E-state index contributed by atoms with van der Waals surface area (Å²) in [6.45, 7) is 18.2. The second-order valence-corrected chi connectivity index (χ2v) is 42.4. The van der Waals surface area contributed by atoms with Gasteiger partial charge in [-0.05, 0) is 373 Å². The average Bonchev–Trinajstić information content (AvgIpc) is 1.63. The Balaban J connectivity index is 0.000000109. The summed E-state index contributed by atoms with van der Waals surface area (Å²) in [5.41, 5.74) is 23.5. The second-order valence-electron chi connectivity index (χ2n) is 38.5. The van der Waals surface area contributed by atoms with Crippen molar-refractivity contribution < 1.29 is 9.18 Å². The van der Waals surface area contributed by atoms with E-state index in [1.54, 1.807) is 34.8 Å². The van der Waals surface area contributed by atoms with Crippen LogP contribution in [0.25, 0.3) is 62.2 Å². The molecule has 0 unspecified atom stereocenters. The zero-order chi connectivity index (χ0) is 97.8. The number of hydrogen-bond donors (Lipinski definition) is 9. The van der Waals surface area contributed by atoms with Crippen molar-refractivity contribution >= 4 is 148 Å².